The van der Waals surface area contributed by atoms with Crippen molar-refractivity contribution in [2.24, 2.45) is 35.5 Å². The molecular weight excluding hydrogens is 608 g/mol. The number of carboxylic acids is 1. The molecule has 0 aromatic carbocycles. The van der Waals surface area contributed by atoms with Crippen LogP contribution in [0.4, 0.5) is 0 Å². The summed E-state index contributed by atoms with van der Waals surface area (Å²) in [6.07, 6.45) is 2.99. The first-order chi connectivity index (χ1) is 22.0. The first kappa shape index (κ1) is 37.4. The Morgan fingerprint density at radius 2 is 1.72 bits per heavy atom. The number of aliphatic carboxylic acids is 1. The Morgan fingerprint density at radius 1 is 1.02 bits per heavy atom. The molecule has 17 atom stereocenters. The highest BCUT2D eigenvalue weighted by molar-refractivity contribution is 5.70. The SMILES string of the molecule is CC[C@@]1(C2OC(C3O[C@@](O)(CO)[C@H](C)C[C@@H]3C)C[C@H]2C)CCC([C@@]2(C)CC[C@@]3(C[C@@H](O)[C@H](C)C([C@H](C)[C@H](OC)C(C)C(=O)O)O3)O2)O1. The predicted octanol–water partition coefficient (Wildman–Crippen LogP) is 4.27. The van der Waals surface area contributed by atoms with Crippen LogP contribution in [0.2, 0.25) is 0 Å². The third-order valence-electron chi connectivity index (χ3n) is 13.0. The van der Waals surface area contributed by atoms with E-state index >= 15 is 0 Å². The van der Waals surface area contributed by atoms with Crippen LogP contribution in [-0.4, -0.2) is 106 Å². The molecule has 5 saturated heterocycles. The van der Waals surface area contributed by atoms with Crippen molar-refractivity contribution >= 4 is 5.97 Å². The fraction of sp³-hybridized carbons (Fsp3) is 0.972. The molecule has 5 aliphatic rings. The predicted molar refractivity (Wildman–Crippen MR) is 172 cm³/mol. The highest BCUT2D eigenvalue weighted by atomic mass is 16.7. The molecule has 47 heavy (non-hydrogen) atoms. The van der Waals surface area contributed by atoms with E-state index in [1.165, 1.54) is 7.11 Å². The number of hydrogen-bond donors (Lipinski definition) is 4. The van der Waals surface area contributed by atoms with Gasteiger partial charge in [-0.1, -0.05) is 41.5 Å². The number of carbonyl (C=O) groups is 1. The Labute approximate surface area is 281 Å². The second-order valence-electron chi connectivity index (χ2n) is 16.3. The van der Waals surface area contributed by atoms with Crippen molar-refractivity contribution in [2.75, 3.05) is 13.7 Å². The van der Waals surface area contributed by atoms with Crippen LogP contribution in [0.3, 0.4) is 0 Å². The van der Waals surface area contributed by atoms with Crippen molar-refractivity contribution < 1.29 is 53.6 Å². The zero-order chi connectivity index (χ0) is 34.7. The van der Waals surface area contributed by atoms with E-state index in [0.717, 1.165) is 32.1 Å². The van der Waals surface area contributed by atoms with Crippen molar-refractivity contribution in [1.29, 1.82) is 0 Å². The molecule has 0 aromatic heterocycles. The van der Waals surface area contributed by atoms with E-state index in [1.807, 2.05) is 20.8 Å². The zero-order valence-corrected chi connectivity index (χ0v) is 30.0. The molecule has 0 aromatic rings. The highest BCUT2D eigenvalue weighted by Gasteiger charge is 2.62. The molecule has 0 bridgehead atoms. The van der Waals surface area contributed by atoms with Crippen molar-refractivity contribution in [3.05, 3.63) is 0 Å². The minimum Gasteiger partial charge on any atom is -0.481 e. The van der Waals surface area contributed by atoms with E-state index in [-0.39, 0.29) is 54.0 Å². The van der Waals surface area contributed by atoms with E-state index in [4.69, 9.17) is 28.4 Å². The number of rotatable bonds is 10. The number of carboxylic acid groups (broad SMARTS) is 1. The van der Waals surface area contributed by atoms with Crippen molar-refractivity contribution in [3.8, 4) is 0 Å². The lowest BCUT2D eigenvalue weighted by molar-refractivity contribution is -0.336. The van der Waals surface area contributed by atoms with Gasteiger partial charge in [-0.2, -0.15) is 0 Å². The molecule has 0 radical (unpaired) electrons. The Kier molecular flexibility index (Phi) is 10.9. The Hall–Kier alpha value is -0.890. The lowest BCUT2D eigenvalue weighted by atomic mass is 9.78. The van der Waals surface area contributed by atoms with Gasteiger partial charge in [-0.25, -0.2) is 0 Å². The Morgan fingerprint density at radius 3 is 2.34 bits per heavy atom. The minimum absolute atomic E-state index is 0.153. The number of methoxy groups -OCH3 is 1. The summed E-state index contributed by atoms with van der Waals surface area (Å²) >= 11 is 0. The standard InChI is InChI=1S/C36H62O11/c1-10-34(31-20(3)16-26(43-31)28-19(2)15-21(4)36(41,18-37)46-28)12-11-27(44-34)33(8)13-14-35(47-33)17-25(38)22(5)30(45-35)23(6)29(42-9)24(7)32(39)40/h19-31,37-38,41H,10-18H2,1-9H3,(H,39,40)/t19-,20+,21+,22-,23+,24?,25+,26?,27?,28?,29-,30?,31?,33+,34-,35-,36-/m0/s1. The quantitative estimate of drug-likeness (QED) is 0.264. The number of hydrogen-bond acceptors (Lipinski definition) is 10. The molecule has 4 N–H and O–H groups in total. The lowest BCUT2D eigenvalue weighted by Crippen LogP contribution is -2.57. The van der Waals surface area contributed by atoms with E-state index < -0.39 is 59.6 Å². The second-order valence-corrected chi connectivity index (χ2v) is 16.3. The van der Waals surface area contributed by atoms with Crippen LogP contribution in [-0.2, 0) is 33.2 Å². The summed E-state index contributed by atoms with van der Waals surface area (Å²) in [5.41, 5.74) is -1.15. The fourth-order valence-corrected chi connectivity index (χ4v) is 9.91. The normalized spacial score (nSPS) is 50.9. The van der Waals surface area contributed by atoms with E-state index in [2.05, 4.69) is 27.7 Å². The summed E-state index contributed by atoms with van der Waals surface area (Å²) in [6, 6.07) is 0. The Balaban J connectivity index is 1.29. The van der Waals surface area contributed by atoms with Crippen LogP contribution in [0.15, 0.2) is 0 Å². The van der Waals surface area contributed by atoms with Gasteiger partial charge in [0.05, 0.1) is 66.5 Å². The van der Waals surface area contributed by atoms with Gasteiger partial charge in [-0.3, -0.25) is 4.79 Å². The van der Waals surface area contributed by atoms with Gasteiger partial charge in [0.25, 0.3) is 0 Å². The van der Waals surface area contributed by atoms with Gasteiger partial charge in [-0.05, 0) is 64.2 Å². The van der Waals surface area contributed by atoms with E-state index in [9.17, 15) is 25.2 Å². The summed E-state index contributed by atoms with van der Waals surface area (Å²) in [7, 11) is 1.52. The van der Waals surface area contributed by atoms with Crippen LogP contribution in [0.25, 0.3) is 0 Å². The van der Waals surface area contributed by atoms with Gasteiger partial charge in [-0.15, -0.1) is 0 Å². The van der Waals surface area contributed by atoms with Gasteiger partial charge in [0, 0.05) is 37.7 Å². The van der Waals surface area contributed by atoms with Gasteiger partial charge in [0.2, 0.25) is 0 Å². The van der Waals surface area contributed by atoms with Gasteiger partial charge >= 0.3 is 5.97 Å². The Bertz CT molecular complexity index is 1110. The van der Waals surface area contributed by atoms with Crippen LogP contribution < -0.4 is 0 Å². The molecule has 0 aliphatic carbocycles. The first-order valence-electron chi connectivity index (χ1n) is 18.1. The van der Waals surface area contributed by atoms with Gasteiger partial charge in [0.1, 0.15) is 0 Å². The molecule has 0 saturated carbocycles. The first-order valence-corrected chi connectivity index (χ1v) is 18.1. The second kappa shape index (κ2) is 13.7. The van der Waals surface area contributed by atoms with Crippen molar-refractivity contribution in [1.82, 2.24) is 0 Å². The third-order valence-corrected chi connectivity index (χ3v) is 13.0. The maximum Gasteiger partial charge on any atom is 0.308 e. The molecule has 1 spiro atoms. The average Bonchev–Trinajstić information content (AvgIpc) is 3.73. The summed E-state index contributed by atoms with van der Waals surface area (Å²) < 4.78 is 39.4. The number of aliphatic hydroxyl groups excluding tert-OH is 2. The van der Waals surface area contributed by atoms with Crippen LogP contribution >= 0.6 is 0 Å². The smallest absolute Gasteiger partial charge is 0.308 e. The highest BCUT2D eigenvalue weighted by Crippen LogP contribution is 2.55. The summed E-state index contributed by atoms with van der Waals surface area (Å²) in [5.74, 6) is -4.52. The molecule has 6 unspecified atom stereocenters. The summed E-state index contributed by atoms with van der Waals surface area (Å²) in [6.45, 7) is 15.6. The topological polar surface area (TPSA) is 153 Å². The zero-order valence-electron chi connectivity index (χ0n) is 30.0. The van der Waals surface area contributed by atoms with Crippen molar-refractivity contribution in [2.45, 2.75) is 172 Å². The summed E-state index contributed by atoms with van der Waals surface area (Å²) in [5, 5.41) is 41.8. The molecule has 11 heteroatoms. The molecular formula is C36H62O11. The fourth-order valence-electron chi connectivity index (χ4n) is 9.91. The monoisotopic (exact) mass is 670 g/mol. The van der Waals surface area contributed by atoms with Gasteiger partial charge in [0.15, 0.2) is 11.6 Å². The third kappa shape index (κ3) is 6.67. The molecule has 5 rings (SSSR count). The molecule has 0 amide bonds. The average molecular weight is 671 g/mol. The van der Waals surface area contributed by atoms with Crippen LogP contribution in [0, 0.1) is 35.5 Å². The molecule has 5 aliphatic heterocycles. The lowest BCUT2D eigenvalue weighted by Gasteiger charge is -2.49. The van der Waals surface area contributed by atoms with Crippen LogP contribution in [0.1, 0.15) is 107 Å². The van der Waals surface area contributed by atoms with Crippen LogP contribution in [0.5, 0.6) is 0 Å². The maximum absolute atomic E-state index is 11.8. The molecule has 5 heterocycles. The maximum atomic E-state index is 11.8. The van der Waals surface area contributed by atoms with Gasteiger partial charge < -0.3 is 48.8 Å². The van der Waals surface area contributed by atoms with E-state index in [1.54, 1.807) is 6.92 Å². The molecule has 272 valence electrons. The molecule has 5 fully saturated rings. The van der Waals surface area contributed by atoms with E-state index in [0.29, 0.717) is 19.3 Å². The number of aliphatic hydroxyl groups is 3. The van der Waals surface area contributed by atoms with Crippen molar-refractivity contribution in [3.63, 3.8) is 0 Å². The number of ether oxygens (including phenoxy) is 6. The largest absolute Gasteiger partial charge is 0.481 e. The minimum atomic E-state index is -1.56. The molecule has 11 nitrogen and oxygen atoms in total. The summed E-state index contributed by atoms with van der Waals surface area (Å²) in [4.78, 5) is 11.8.